The van der Waals surface area contributed by atoms with Crippen molar-refractivity contribution in [3.05, 3.63) is 35.4 Å². The van der Waals surface area contributed by atoms with Gasteiger partial charge in [-0.05, 0) is 12.5 Å². The number of esters is 2. The molecule has 0 fully saturated rings. The molecule has 0 aliphatic rings. The van der Waals surface area contributed by atoms with Gasteiger partial charge in [0.2, 0.25) is 0 Å². The SMILES string of the molecule is CCCCCCCCCCCCCCCC(=O)OCc1ccccc1C(=O)OC. The topological polar surface area (TPSA) is 52.6 Å². The Bertz CT molecular complexity index is 568. The van der Waals surface area contributed by atoms with E-state index < -0.39 is 5.97 Å². The average molecular weight is 405 g/mol. The predicted octanol–water partition coefficient (Wildman–Crippen LogP) is 7.00. The first-order valence-corrected chi connectivity index (χ1v) is 11.5. The van der Waals surface area contributed by atoms with E-state index in [4.69, 9.17) is 9.47 Å². The third kappa shape index (κ3) is 12.4. The van der Waals surface area contributed by atoms with Crippen molar-refractivity contribution >= 4 is 11.9 Å². The Balaban J connectivity index is 1.99. The molecule has 0 saturated carbocycles. The summed E-state index contributed by atoms with van der Waals surface area (Å²) in [4.78, 5) is 23.7. The van der Waals surface area contributed by atoms with Crippen LogP contribution in [0.4, 0.5) is 0 Å². The summed E-state index contributed by atoms with van der Waals surface area (Å²) in [5.74, 6) is -0.610. The van der Waals surface area contributed by atoms with Crippen molar-refractivity contribution in [3.8, 4) is 0 Å². The normalized spacial score (nSPS) is 10.7. The molecular weight excluding hydrogens is 364 g/mol. The Morgan fingerprint density at radius 1 is 0.759 bits per heavy atom. The Hall–Kier alpha value is -1.84. The van der Waals surface area contributed by atoms with E-state index in [1.807, 2.05) is 6.07 Å². The van der Waals surface area contributed by atoms with Crippen LogP contribution >= 0.6 is 0 Å². The number of benzene rings is 1. The van der Waals surface area contributed by atoms with Crippen LogP contribution in [0.3, 0.4) is 0 Å². The zero-order chi connectivity index (χ0) is 21.2. The molecule has 0 bridgehead atoms. The number of methoxy groups -OCH3 is 1. The Morgan fingerprint density at radius 2 is 1.28 bits per heavy atom. The Morgan fingerprint density at radius 3 is 1.83 bits per heavy atom. The van der Waals surface area contributed by atoms with Crippen molar-refractivity contribution in [1.82, 2.24) is 0 Å². The standard InChI is InChI=1S/C25H40O4/c1-3-4-5-6-7-8-9-10-11-12-13-14-15-20-24(26)29-21-22-18-16-17-19-23(22)25(27)28-2/h16-19H,3-15,20-21H2,1-2H3. The van der Waals surface area contributed by atoms with Crippen molar-refractivity contribution in [2.45, 2.75) is 103 Å². The number of hydrogen-bond acceptors (Lipinski definition) is 4. The van der Waals surface area contributed by atoms with Crippen molar-refractivity contribution in [1.29, 1.82) is 0 Å². The number of ether oxygens (including phenoxy) is 2. The number of hydrogen-bond donors (Lipinski definition) is 0. The van der Waals surface area contributed by atoms with Crippen LogP contribution in [-0.2, 0) is 20.9 Å². The molecule has 164 valence electrons. The highest BCUT2D eigenvalue weighted by atomic mass is 16.5. The molecule has 0 spiro atoms. The maximum absolute atomic E-state index is 11.9. The molecule has 0 radical (unpaired) electrons. The van der Waals surface area contributed by atoms with E-state index >= 15 is 0 Å². The molecule has 1 aromatic carbocycles. The van der Waals surface area contributed by atoms with Gasteiger partial charge in [-0.1, -0.05) is 102 Å². The van der Waals surface area contributed by atoms with Gasteiger partial charge in [-0.15, -0.1) is 0 Å². The highest BCUT2D eigenvalue weighted by molar-refractivity contribution is 5.91. The van der Waals surface area contributed by atoms with Crippen molar-refractivity contribution in [3.63, 3.8) is 0 Å². The molecule has 4 nitrogen and oxygen atoms in total. The lowest BCUT2D eigenvalue weighted by Gasteiger charge is -2.09. The van der Waals surface area contributed by atoms with Gasteiger partial charge in [-0.25, -0.2) is 4.79 Å². The van der Waals surface area contributed by atoms with E-state index in [1.165, 1.54) is 77.7 Å². The van der Waals surface area contributed by atoms with Gasteiger partial charge in [0.25, 0.3) is 0 Å². The Kier molecular flexibility index (Phi) is 14.8. The van der Waals surface area contributed by atoms with Crippen molar-refractivity contribution < 1.29 is 19.1 Å². The average Bonchev–Trinajstić information content (AvgIpc) is 2.75. The van der Waals surface area contributed by atoms with E-state index in [0.717, 1.165) is 12.8 Å². The van der Waals surface area contributed by atoms with E-state index in [0.29, 0.717) is 17.5 Å². The summed E-state index contributed by atoms with van der Waals surface area (Å²) in [5.41, 5.74) is 1.13. The van der Waals surface area contributed by atoms with E-state index in [1.54, 1.807) is 18.2 Å². The first-order chi connectivity index (χ1) is 14.2. The van der Waals surface area contributed by atoms with Gasteiger partial charge in [-0.2, -0.15) is 0 Å². The summed E-state index contributed by atoms with van der Waals surface area (Å²) in [7, 11) is 1.35. The summed E-state index contributed by atoms with van der Waals surface area (Å²) < 4.78 is 10.1. The largest absolute Gasteiger partial charge is 0.465 e. The molecule has 0 aliphatic carbocycles. The monoisotopic (exact) mass is 404 g/mol. The number of rotatable bonds is 17. The zero-order valence-electron chi connectivity index (χ0n) is 18.5. The minimum Gasteiger partial charge on any atom is -0.465 e. The van der Waals surface area contributed by atoms with Crippen LogP contribution in [0.5, 0.6) is 0 Å². The molecule has 0 heterocycles. The van der Waals surface area contributed by atoms with Gasteiger partial charge in [0.1, 0.15) is 6.61 Å². The van der Waals surface area contributed by atoms with E-state index in [9.17, 15) is 9.59 Å². The molecule has 0 unspecified atom stereocenters. The molecule has 4 heteroatoms. The molecule has 29 heavy (non-hydrogen) atoms. The van der Waals surface area contributed by atoms with Crippen LogP contribution in [0, 0.1) is 0 Å². The molecule has 1 rings (SSSR count). The lowest BCUT2D eigenvalue weighted by atomic mass is 10.0. The highest BCUT2D eigenvalue weighted by Crippen LogP contribution is 2.14. The lowest BCUT2D eigenvalue weighted by Crippen LogP contribution is -2.09. The third-order valence-corrected chi connectivity index (χ3v) is 5.30. The lowest BCUT2D eigenvalue weighted by molar-refractivity contribution is -0.145. The summed E-state index contributed by atoms with van der Waals surface area (Å²) in [5, 5.41) is 0. The van der Waals surface area contributed by atoms with Crippen LogP contribution < -0.4 is 0 Å². The fourth-order valence-corrected chi connectivity index (χ4v) is 3.47. The van der Waals surface area contributed by atoms with Crippen LogP contribution in [0.1, 0.15) is 113 Å². The predicted molar refractivity (Wildman–Crippen MR) is 118 cm³/mol. The number of carbonyl (C=O) groups is 2. The highest BCUT2D eigenvalue weighted by Gasteiger charge is 2.12. The second-order valence-corrected chi connectivity index (χ2v) is 7.80. The second kappa shape index (κ2) is 17.1. The van der Waals surface area contributed by atoms with E-state index in [-0.39, 0.29) is 12.6 Å². The molecule has 0 aliphatic heterocycles. The second-order valence-electron chi connectivity index (χ2n) is 7.80. The maximum atomic E-state index is 11.9. The van der Waals surface area contributed by atoms with Gasteiger partial charge >= 0.3 is 11.9 Å². The third-order valence-electron chi connectivity index (χ3n) is 5.30. The van der Waals surface area contributed by atoms with Crippen molar-refractivity contribution in [2.75, 3.05) is 7.11 Å². The summed E-state index contributed by atoms with van der Waals surface area (Å²) in [6.45, 7) is 2.37. The minimum atomic E-state index is -0.409. The molecule has 0 aromatic heterocycles. The fraction of sp³-hybridized carbons (Fsp3) is 0.680. The smallest absolute Gasteiger partial charge is 0.338 e. The Labute approximate surface area is 177 Å². The summed E-state index contributed by atoms with van der Waals surface area (Å²) >= 11 is 0. The summed E-state index contributed by atoms with van der Waals surface area (Å²) in [6.07, 6.45) is 17.1. The molecule has 1 aromatic rings. The summed E-state index contributed by atoms with van der Waals surface area (Å²) in [6, 6.07) is 7.06. The van der Waals surface area contributed by atoms with Gasteiger partial charge < -0.3 is 9.47 Å². The van der Waals surface area contributed by atoms with Crippen LogP contribution in [-0.4, -0.2) is 19.0 Å². The first-order valence-electron chi connectivity index (χ1n) is 11.5. The zero-order valence-corrected chi connectivity index (χ0v) is 18.5. The van der Waals surface area contributed by atoms with Crippen molar-refractivity contribution in [2.24, 2.45) is 0 Å². The number of unbranched alkanes of at least 4 members (excludes halogenated alkanes) is 12. The minimum absolute atomic E-state index is 0.114. The first kappa shape index (κ1) is 25.2. The van der Waals surface area contributed by atoms with Gasteiger partial charge in [0.15, 0.2) is 0 Å². The quantitative estimate of drug-likeness (QED) is 0.207. The maximum Gasteiger partial charge on any atom is 0.338 e. The van der Waals surface area contributed by atoms with Gasteiger partial charge in [-0.3, -0.25) is 4.79 Å². The van der Waals surface area contributed by atoms with Crippen LogP contribution in [0.25, 0.3) is 0 Å². The van der Waals surface area contributed by atoms with Gasteiger partial charge in [0, 0.05) is 12.0 Å². The molecule has 0 amide bonds. The van der Waals surface area contributed by atoms with E-state index in [2.05, 4.69) is 6.92 Å². The van der Waals surface area contributed by atoms with Crippen LogP contribution in [0.2, 0.25) is 0 Å². The number of carbonyl (C=O) groups excluding carboxylic acids is 2. The molecule has 0 saturated heterocycles. The molecular formula is C25H40O4. The van der Waals surface area contributed by atoms with Gasteiger partial charge in [0.05, 0.1) is 12.7 Å². The van der Waals surface area contributed by atoms with Crippen LogP contribution in [0.15, 0.2) is 24.3 Å². The fourth-order valence-electron chi connectivity index (χ4n) is 3.47. The molecule has 0 atom stereocenters. The molecule has 0 N–H and O–H groups in total.